The molecular formula is C23H21N5O2S. The third-order valence-corrected chi connectivity index (χ3v) is 6.41. The van der Waals surface area contributed by atoms with Gasteiger partial charge in [0.1, 0.15) is 5.75 Å². The van der Waals surface area contributed by atoms with E-state index in [1.54, 1.807) is 17.5 Å². The van der Waals surface area contributed by atoms with Crippen molar-refractivity contribution in [3.05, 3.63) is 63.7 Å². The Morgan fingerprint density at radius 1 is 1.16 bits per heavy atom. The van der Waals surface area contributed by atoms with Crippen LogP contribution in [-0.4, -0.2) is 32.3 Å². The van der Waals surface area contributed by atoms with E-state index in [1.807, 2.05) is 43.5 Å². The van der Waals surface area contributed by atoms with Crippen LogP contribution in [0.2, 0.25) is 0 Å². The van der Waals surface area contributed by atoms with Crippen molar-refractivity contribution < 1.29 is 9.53 Å². The average Bonchev–Trinajstić information content (AvgIpc) is 3.29. The summed E-state index contributed by atoms with van der Waals surface area (Å²) in [4.78, 5) is 31.9. The molecule has 0 saturated heterocycles. The standard InChI is InChI=1S/C23H21N5O2S/c1-3-30-15-6-7-18-16(11-15)13(2)25-23(26-18)28-22-24-12-17-19(27-22)9-14(10-20(17)29)21-5-4-8-31-21/h4-8,11-12,14H,3,9-10H2,1-2H3,(H,24,25,26,27,28)/t14-/m1/s1. The number of hydrogen-bond donors (Lipinski definition) is 1. The first-order valence-corrected chi connectivity index (χ1v) is 11.1. The summed E-state index contributed by atoms with van der Waals surface area (Å²) in [5, 5.41) is 6.08. The topological polar surface area (TPSA) is 89.9 Å². The summed E-state index contributed by atoms with van der Waals surface area (Å²) >= 11 is 1.68. The molecule has 4 aromatic rings. The molecule has 3 heterocycles. The molecule has 1 aromatic carbocycles. The van der Waals surface area contributed by atoms with Gasteiger partial charge >= 0.3 is 0 Å². The molecule has 156 valence electrons. The number of fused-ring (bicyclic) bond motifs is 2. The van der Waals surface area contributed by atoms with E-state index in [9.17, 15) is 4.79 Å². The van der Waals surface area contributed by atoms with Crippen molar-refractivity contribution in [1.29, 1.82) is 0 Å². The second kappa shape index (κ2) is 8.03. The fourth-order valence-electron chi connectivity index (χ4n) is 3.90. The Kier molecular flexibility index (Phi) is 5.07. The highest BCUT2D eigenvalue weighted by Gasteiger charge is 2.28. The van der Waals surface area contributed by atoms with Gasteiger partial charge in [0, 0.05) is 28.8 Å². The van der Waals surface area contributed by atoms with Crippen LogP contribution >= 0.6 is 11.3 Å². The van der Waals surface area contributed by atoms with Gasteiger partial charge in [-0.15, -0.1) is 11.3 Å². The molecule has 0 unspecified atom stereocenters. The molecule has 1 aliphatic rings. The van der Waals surface area contributed by atoms with E-state index < -0.39 is 0 Å². The monoisotopic (exact) mass is 431 g/mol. The summed E-state index contributed by atoms with van der Waals surface area (Å²) in [5.41, 5.74) is 3.02. The van der Waals surface area contributed by atoms with Gasteiger partial charge in [-0.25, -0.2) is 19.9 Å². The number of benzene rings is 1. The number of Topliss-reactive ketones (excluding diaryl/α,β-unsaturated/α-hetero) is 1. The smallest absolute Gasteiger partial charge is 0.230 e. The van der Waals surface area contributed by atoms with Crippen LogP contribution in [0.15, 0.2) is 41.9 Å². The second-order valence-corrected chi connectivity index (χ2v) is 8.45. The van der Waals surface area contributed by atoms with Gasteiger partial charge in [-0.1, -0.05) is 6.07 Å². The van der Waals surface area contributed by atoms with E-state index in [1.165, 1.54) is 4.88 Å². The van der Waals surface area contributed by atoms with Gasteiger partial charge in [0.2, 0.25) is 11.9 Å². The molecule has 0 radical (unpaired) electrons. The lowest BCUT2D eigenvalue weighted by Crippen LogP contribution is -2.20. The fraction of sp³-hybridized carbons (Fsp3) is 0.261. The third kappa shape index (κ3) is 3.86. The average molecular weight is 432 g/mol. The van der Waals surface area contributed by atoms with E-state index in [2.05, 4.69) is 31.3 Å². The van der Waals surface area contributed by atoms with Gasteiger partial charge in [0.05, 0.1) is 29.1 Å². The first-order chi connectivity index (χ1) is 15.1. The highest BCUT2D eigenvalue weighted by Crippen LogP contribution is 2.34. The van der Waals surface area contributed by atoms with Crippen molar-refractivity contribution in [2.24, 2.45) is 0 Å². The Hall–Kier alpha value is -3.39. The van der Waals surface area contributed by atoms with E-state index in [4.69, 9.17) is 4.74 Å². The third-order valence-electron chi connectivity index (χ3n) is 5.38. The van der Waals surface area contributed by atoms with Gasteiger partial charge in [-0.05, 0) is 49.9 Å². The molecule has 1 atom stereocenters. The molecule has 31 heavy (non-hydrogen) atoms. The van der Waals surface area contributed by atoms with Gasteiger partial charge in [0.25, 0.3) is 0 Å². The maximum atomic E-state index is 12.6. The lowest BCUT2D eigenvalue weighted by Gasteiger charge is -2.22. The number of ether oxygens (including phenoxy) is 1. The Balaban J connectivity index is 1.43. The number of nitrogens with zero attached hydrogens (tertiary/aromatic N) is 4. The summed E-state index contributed by atoms with van der Waals surface area (Å²) < 4.78 is 5.57. The predicted octanol–water partition coefficient (Wildman–Crippen LogP) is 4.84. The number of carbonyl (C=O) groups is 1. The number of hydrogen-bond acceptors (Lipinski definition) is 8. The minimum atomic E-state index is 0.0918. The molecule has 7 nitrogen and oxygen atoms in total. The SMILES string of the molecule is CCOc1ccc2nc(Nc3ncc4c(n3)C[C@@H](c3cccs3)CC4=O)nc(C)c2c1. The Morgan fingerprint density at radius 2 is 2.06 bits per heavy atom. The lowest BCUT2D eigenvalue weighted by molar-refractivity contribution is 0.0963. The molecule has 0 fully saturated rings. The van der Waals surface area contributed by atoms with Crippen LogP contribution < -0.4 is 10.1 Å². The highest BCUT2D eigenvalue weighted by atomic mass is 32.1. The van der Waals surface area contributed by atoms with Crippen molar-refractivity contribution in [3.63, 3.8) is 0 Å². The van der Waals surface area contributed by atoms with Gasteiger partial charge in [-0.3, -0.25) is 10.1 Å². The molecule has 0 aliphatic heterocycles. The molecule has 0 spiro atoms. The van der Waals surface area contributed by atoms with Crippen LogP contribution in [0, 0.1) is 6.92 Å². The highest BCUT2D eigenvalue weighted by molar-refractivity contribution is 7.10. The summed E-state index contributed by atoms with van der Waals surface area (Å²) in [7, 11) is 0. The largest absolute Gasteiger partial charge is 0.494 e. The van der Waals surface area contributed by atoms with Crippen LogP contribution in [0.3, 0.4) is 0 Å². The molecule has 1 N–H and O–H groups in total. The normalized spacial score (nSPS) is 15.7. The molecular weight excluding hydrogens is 410 g/mol. The zero-order valence-electron chi connectivity index (χ0n) is 17.3. The summed E-state index contributed by atoms with van der Waals surface area (Å²) in [6, 6.07) is 9.86. The minimum absolute atomic E-state index is 0.0918. The van der Waals surface area contributed by atoms with Crippen molar-refractivity contribution in [3.8, 4) is 5.75 Å². The van der Waals surface area contributed by atoms with Crippen LogP contribution in [-0.2, 0) is 6.42 Å². The quantitative estimate of drug-likeness (QED) is 0.483. The van der Waals surface area contributed by atoms with Crippen molar-refractivity contribution in [1.82, 2.24) is 19.9 Å². The van der Waals surface area contributed by atoms with Gasteiger partial charge < -0.3 is 4.74 Å². The Morgan fingerprint density at radius 3 is 2.87 bits per heavy atom. The van der Waals surface area contributed by atoms with Crippen molar-refractivity contribution in [2.75, 3.05) is 11.9 Å². The Labute approximate surface area is 183 Å². The molecule has 3 aromatic heterocycles. The van der Waals surface area contributed by atoms with E-state index in [0.717, 1.165) is 34.5 Å². The number of rotatable bonds is 5. The molecule has 0 bridgehead atoms. The number of nitrogens with one attached hydrogen (secondary N) is 1. The minimum Gasteiger partial charge on any atom is -0.494 e. The van der Waals surface area contributed by atoms with Gasteiger partial charge in [-0.2, -0.15) is 0 Å². The van der Waals surface area contributed by atoms with Gasteiger partial charge in [0.15, 0.2) is 5.78 Å². The molecule has 0 saturated carbocycles. The maximum absolute atomic E-state index is 12.6. The molecule has 8 heteroatoms. The maximum Gasteiger partial charge on any atom is 0.230 e. The number of aryl methyl sites for hydroxylation is 1. The van der Waals surface area contributed by atoms with E-state index >= 15 is 0 Å². The number of thiophene rings is 1. The number of ketones is 1. The van der Waals surface area contributed by atoms with E-state index in [0.29, 0.717) is 30.5 Å². The van der Waals surface area contributed by atoms with Crippen molar-refractivity contribution >= 4 is 39.9 Å². The predicted molar refractivity (Wildman–Crippen MR) is 120 cm³/mol. The zero-order valence-corrected chi connectivity index (χ0v) is 18.1. The second-order valence-electron chi connectivity index (χ2n) is 7.47. The first kappa shape index (κ1) is 19.6. The van der Waals surface area contributed by atoms with Crippen LogP contribution in [0.4, 0.5) is 11.9 Å². The number of anilines is 2. The summed E-state index contributed by atoms with van der Waals surface area (Å²) in [6.45, 7) is 4.49. The molecule has 1 aliphatic carbocycles. The summed E-state index contributed by atoms with van der Waals surface area (Å²) in [6.07, 6.45) is 2.83. The van der Waals surface area contributed by atoms with E-state index in [-0.39, 0.29) is 11.7 Å². The first-order valence-electron chi connectivity index (χ1n) is 10.2. The Bertz CT molecular complexity index is 1270. The molecule has 5 rings (SSSR count). The van der Waals surface area contributed by atoms with Crippen LogP contribution in [0.1, 0.15) is 45.9 Å². The molecule has 0 amide bonds. The fourth-order valence-corrected chi connectivity index (χ4v) is 4.73. The number of aromatic nitrogens is 4. The van der Waals surface area contributed by atoms with Crippen molar-refractivity contribution in [2.45, 2.75) is 32.6 Å². The van der Waals surface area contributed by atoms with Crippen LogP contribution in [0.25, 0.3) is 10.9 Å². The number of carbonyl (C=O) groups excluding carboxylic acids is 1. The lowest BCUT2D eigenvalue weighted by atomic mass is 9.86. The summed E-state index contributed by atoms with van der Waals surface area (Å²) in [5.74, 6) is 1.87. The van der Waals surface area contributed by atoms with Crippen LogP contribution in [0.5, 0.6) is 5.75 Å². The zero-order chi connectivity index (χ0) is 21.4.